The third-order valence-electron chi connectivity index (χ3n) is 4.22. The van der Waals surface area contributed by atoms with Crippen LogP contribution in [-0.4, -0.2) is 15.5 Å². The Labute approximate surface area is 165 Å². The van der Waals surface area contributed by atoms with Gasteiger partial charge in [0.25, 0.3) is 11.5 Å². The Bertz CT molecular complexity index is 1220. The van der Waals surface area contributed by atoms with Crippen LogP contribution in [-0.2, 0) is 0 Å². The fourth-order valence-electron chi connectivity index (χ4n) is 2.79. The van der Waals surface area contributed by atoms with E-state index in [1.165, 1.54) is 10.9 Å². The SMILES string of the molecule is O=C(NNc1cccc(Cl)c1)c1ccc(-n2cnc3ccccc3c2=O)cc1. The molecule has 2 N–H and O–H groups in total. The zero-order chi connectivity index (χ0) is 19.5. The van der Waals surface area contributed by atoms with Gasteiger partial charge >= 0.3 is 0 Å². The topological polar surface area (TPSA) is 76.0 Å². The van der Waals surface area contributed by atoms with Gasteiger partial charge in [0.15, 0.2) is 0 Å². The Hall–Kier alpha value is -3.64. The van der Waals surface area contributed by atoms with Gasteiger partial charge in [-0.15, -0.1) is 0 Å². The van der Waals surface area contributed by atoms with E-state index in [4.69, 9.17) is 11.6 Å². The van der Waals surface area contributed by atoms with Gasteiger partial charge < -0.3 is 0 Å². The molecule has 1 heterocycles. The number of hydrogen-bond acceptors (Lipinski definition) is 4. The van der Waals surface area contributed by atoms with Crippen molar-refractivity contribution in [3.63, 3.8) is 0 Å². The van der Waals surface area contributed by atoms with Crippen molar-refractivity contribution >= 4 is 34.1 Å². The summed E-state index contributed by atoms with van der Waals surface area (Å²) in [6.45, 7) is 0. The molecule has 28 heavy (non-hydrogen) atoms. The van der Waals surface area contributed by atoms with Crippen LogP contribution in [0.2, 0.25) is 5.02 Å². The third kappa shape index (κ3) is 3.58. The second-order valence-corrected chi connectivity index (χ2v) is 6.51. The lowest BCUT2D eigenvalue weighted by atomic mass is 10.2. The van der Waals surface area contributed by atoms with Gasteiger partial charge in [-0.3, -0.25) is 25.0 Å². The van der Waals surface area contributed by atoms with E-state index in [0.717, 1.165) is 0 Å². The molecule has 0 bridgehead atoms. The number of carbonyl (C=O) groups is 1. The summed E-state index contributed by atoms with van der Waals surface area (Å²) in [5, 5.41) is 1.11. The van der Waals surface area contributed by atoms with Crippen molar-refractivity contribution in [2.45, 2.75) is 0 Å². The number of fused-ring (bicyclic) bond motifs is 1. The summed E-state index contributed by atoms with van der Waals surface area (Å²) in [7, 11) is 0. The first-order chi connectivity index (χ1) is 13.6. The molecule has 4 rings (SSSR count). The largest absolute Gasteiger partial charge is 0.298 e. The fraction of sp³-hybridized carbons (Fsp3) is 0. The number of hydrazine groups is 1. The second-order valence-electron chi connectivity index (χ2n) is 6.07. The number of hydrogen-bond donors (Lipinski definition) is 2. The van der Waals surface area contributed by atoms with Crippen molar-refractivity contribution in [1.29, 1.82) is 0 Å². The predicted octanol–water partition coefficient (Wildman–Crippen LogP) is 3.80. The molecule has 0 fully saturated rings. The number of carbonyl (C=O) groups excluding carboxylic acids is 1. The highest BCUT2D eigenvalue weighted by Crippen LogP contribution is 2.14. The van der Waals surface area contributed by atoms with Gasteiger partial charge in [0.1, 0.15) is 6.33 Å². The smallest absolute Gasteiger partial charge is 0.269 e. The standard InChI is InChI=1S/C21H15ClN4O2/c22-15-4-3-5-16(12-15)24-25-20(27)14-8-10-17(11-9-14)26-13-23-19-7-2-1-6-18(19)21(26)28/h1-13,24H,(H,25,27). The van der Waals surface area contributed by atoms with E-state index >= 15 is 0 Å². The summed E-state index contributed by atoms with van der Waals surface area (Å²) < 4.78 is 1.45. The first-order valence-electron chi connectivity index (χ1n) is 8.50. The van der Waals surface area contributed by atoms with Crippen molar-refractivity contribution in [1.82, 2.24) is 15.0 Å². The van der Waals surface area contributed by atoms with Crippen LogP contribution in [0, 0.1) is 0 Å². The molecule has 3 aromatic carbocycles. The molecule has 0 saturated heterocycles. The minimum absolute atomic E-state index is 0.162. The van der Waals surface area contributed by atoms with Gasteiger partial charge in [-0.05, 0) is 54.6 Å². The minimum Gasteiger partial charge on any atom is -0.298 e. The van der Waals surface area contributed by atoms with E-state index in [0.29, 0.717) is 32.9 Å². The van der Waals surface area contributed by atoms with E-state index < -0.39 is 0 Å². The highest BCUT2D eigenvalue weighted by molar-refractivity contribution is 6.30. The number of rotatable bonds is 4. The minimum atomic E-state index is -0.310. The molecule has 1 amide bonds. The zero-order valence-corrected chi connectivity index (χ0v) is 15.4. The van der Waals surface area contributed by atoms with Crippen molar-refractivity contribution in [3.8, 4) is 5.69 Å². The number of para-hydroxylation sites is 1. The van der Waals surface area contributed by atoms with Gasteiger partial charge in [0, 0.05) is 10.6 Å². The molecule has 138 valence electrons. The van der Waals surface area contributed by atoms with Crippen molar-refractivity contribution in [2.75, 3.05) is 5.43 Å². The quantitative estimate of drug-likeness (QED) is 0.520. The molecule has 0 spiro atoms. The highest BCUT2D eigenvalue weighted by Gasteiger charge is 2.08. The Morgan fingerprint density at radius 3 is 2.54 bits per heavy atom. The van der Waals surface area contributed by atoms with Crippen molar-refractivity contribution < 1.29 is 4.79 Å². The average molecular weight is 391 g/mol. The lowest BCUT2D eigenvalue weighted by Crippen LogP contribution is -2.29. The molecule has 0 aliphatic carbocycles. The molecular weight excluding hydrogens is 376 g/mol. The monoisotopic (exact) mass is 390 g/mol. The molecular formula is C21H15ClN4O2. The van der Waals surface area contributed by atoms with E-state index in [1.807, 2.05) is 6.07 Å². The van der Waals surface area contributed by atoms with E-state index in [2.05, 4.69) is 15.8 Å². The molecule has 0 atom stereocenters. The van der Waals surface area contributed by atoms with Gasteiger partial charge in [0.2, 0.25) is 0 Å². The first-order valence-corrected chi connectivity index (χ1v) is 8.88. The van der Waals surface area contributed by atoms with Gasteiger partial charge in [-0.25, -0.2) is 4.98 Å². The second kappa shape index (κ2) is 7.54. The fourth-order valence-corrected chi connectivity index (χ4v) is 2.98. The molecule has 1 aromatic heterocycles. The van der Waals surface area contributed by atoms with E-state index in [-0.39, 0.29) is 11.5 Å². The molecule has 0 unspecified atom stereocenters. The third-order valence-corrected chi connectivity index (χ3v) is 4.45. The Kier molecular flexibility index (Phi) is 4.78. The Morgan fingerprint density at radius 1 is 0.964 bits per heavy atom. The molecule has 0 radical (unpaired) electrons. The molecule has 0 saturated carbocycles. The van der Waals surface area contributed by atoms with Crippen LogP contribution in [0.3, 0.4) is 0 Å². The van der Waals surface area contributed by atoms with Crippen molar-refractivity contribution in [2.24, 2.45) is 0 Å². The maximum Gasteiger partial charge on any atom is 0.269 e. The summed E-state index contributed by atoms with van der Waals surface area (Å²) in [5.74, 6) is -0.310. The van der Waals surface area contributed by atoms with Gasteiger partial charge in [-0.2, -0.15) is 0 Å². The normalized spacial score (nSPS) is 10.6. The summed E-state index contributed by atoms with van der Waals surface area (Å²) in [4.78, 5) is 29.3. The van der Waals surface area contributed by atoms with Gasteiger partial charge in [0.05, 0.1) is 22.3 Å². The molecule has 4 aromatic rings. The zero-order valence-electron chi connectivity index (χ0n) is 14.6. The number of nitrogens with zero attached hydrogens (tertiary/aromatic N) is 2. The number of benzene rings is 3. The molecule has 0 aliphatic rings. The number of aromatic nitrogens is 2. The number of halogens is 1. The Balaban J connectivity index is 1.53. The average Bonchev–Trinajstić information content (AvgIpc) is 2.73. The summed E-state index contributed by atoms with van der Waals surface area (Å²) >= 11 is 5.92. The molecule has 7 heteroatoms. The van der Waals surface area contributed by atoms with Crippen LogP contribution < -0.4 is 16.4 Å². The predicted molar refractivity (Wildman–Crippen MR) is 110 cm³/mol. The van der Waals surface area contributed by atoms with Crippen LogP contribution in [0.4, 0.5) is 5.69 Å². The lowest BCUT2D eigenvalue weighted by molar-refractivity contribution is 0.0962. The summed E-state index contributed by atoms with van der Waals surface area (Å²) in [6, 6.07) is 20.9. The van der Waals surface area contributed by atoms with Crippen LogP contribution >= 0.6 is 11.6 Å². The summed E-state index contributed by atoms with van der Waals surface area (Å²) in [5.41, 5.74) is 7.65. The maximum atomic E-state index is 12.7. The maximum absolute atomic E-state index is 12.7. The Morgan fingerprint density at radius 2 is 1.75 bits per heavy atom. The first kappa shape index (κ1) is 17.8. The van der Waals surface area contributed by atoms with Crippen LogP contribution in [0.1, 0.15) is 10.4 Å². The van der Waals surface area contributed by atoms with Crippen LogP contribution in [0.15, 0.2) is 83.9 Å². The molecule has 6 nitrogen and oxygen atoms in total. The molecule has 0 aliphatic heterocycles. The lowest BCUT2D eigenvalue weighted by Gasteiger charge is -2.10. The number of nitrogens with one attached hydrogen (secondary N) is 2. The van der Waals surface area contributed by atoms with E-state index in [1.54, 1.807) is 66.7 Å². The van der Waals surface area contributed by atoms with Crippen molar-refractivity contribution in [3.05, 3.63) is 100 Å². The number of anilines is 1. The number of amides is 1. The van der Waals surface area contributed by atoms with E-state index in [9.17, 15) is 9.59 Å². The summed E-state index contributed by atoms with van der Waals surface area (Å²) in [6.07, 6.45) is 1.49. The van der Waals surface area contributed by atoms with Crippen LogP contribution in [0.25, 0.3) is 16.6 Å². The highest BCUT2D eigenvalue weighted by atomic mass is 35.5. The van der Waals surface area contributed by atoms with Crippen LogP contribution in [0.5, 0.6) is 0 Å². The van der Waals surface area contributed by atoms with Gasteiger partial charge in [-0.1, -0.05) is 29.8 Å².